The molecule has 0 unspecified atom stereocenters. The molecule has 7 heteroatoms. The van der Waals surface area contributed by atoms with Crippen LogP contribution in [0.5, 0.6) is 0 Å². The minimum atomic E-state index is -1.05. The van der Waals surface area contributed by atoms with Crippen molar-refractivity contribution >= 4 is 17.6 Å². The second kappa shape index (κ2) is 7.95. The number of hydrogen-bond donors (Lipinski definition) is 2. The molecule has 3 aromatic rings. The zero-order valence-electron chi connectivity index (χ0n) is 16.3. The fourth-order valence-electron chi connectivity index (χ4n) is 3.57. The predicted octanol–water partition coefficient (Wildman–Crippen LogP) is 3.84. The lowest BCUT2D eigenvalue weighted by atomic mass is 10.1. The molecule has 4 rings (SSSR count). The summed E-state index contributed by atoms with van der Waals surface area (Å²) in [4.78, 5) is 23.9. The van der Waals surface area contributed by atoms with Crippen LogP contribution in [-0.2, 0) is 17.8 Å². The molecule has 2 heterocycles. The van der Waals surface area contributed by atoms with Crippen LogP contribution in [0, 0.1) is 0 Å². The minimum absolute atomic E-state index is 0.107. The maximum absolute atomic E-state index is 12.5. The molecule has 2 N–H and O–H groups in total. The second-order valence-corrected chi connectivity index (χ2v) is 7.35. The predicted molar refractivity (Wildman–Crippen MR) is 110 cm³/mol. The Morgan fingerprint density at radius 1 is 1.21 bits per heavy atom. The van der Waals surface area contributed by atoms with Crippen molar-refractivity contribution in [3.05, 3.63) is 65.7 Å². The molecule has 1 amide bonds. The van der Waals surface area contributed by atoms with Crippen LogP contribution in [0.2, 0.25) is 0 Å². The third-order valence-electron chi connectivity index (χ3n) is 5.22. The molecular weight excluding hydrogens is 368 g/mol. The van der Waals surface area contributed by atoms with E-state index < -0.39 is 5.97 Å². The van der Waals surface area contributed by atoms with Gasteiger partial charge in [0, 0.05) is 31.3 Å². The molecular formula is C22H24N4O3. The molecule has 0 aliphatic heterocycles. The number of amides is 1. The van der Waals surface area contributed by atoms with Crippen LogP contribution < -0.4 is 5.32 Å². The number of nitrogens with one attached hydrogen (secondary N) is 1. The number of carboxylic acid groups (broad SMARTS) is 1. The van der Waals surface area contributed by atoms with E-state index in [1.807, 2.05) is 48.1 Å². The summed E-state index contributed by atoms with van der Waals surface area (Å²) in [6.07, 6.45) is 8.17. The summed E-state index contributed by atoms with van der Waals surface area (Å²) in [6.45, 7) is 2.56. The molecule has 0 saturated heterocycles. The number of benzene rings is 1. The number of aromatic carboxylic acids is 1. The summed E-state index contributed by atoms with van der Waals surface area (Å²) in [6, 6.07) is 10.0. The van der Waals surface area contributed by atoms with Gasteiger partial charge in [-0.15, -0.1) is 0 Å². The van der Waals surface area contributed by atoms with Crippen LogP contribution in [0.3, 0.4) is 0 Å². The molecule has 1 fully saturated rings. The van der Waals surface area contributed by atoms with Gasteiger partial charge in [-0.2, -0.15) is 5.10 Å². The lowest BCUT2D eigenvalue weighted by Crippen LogP contribution is -2.14. The van der Waals surface area contributed by atoms with Crippen LogP contribution >= 0.6 is 0 Å². The van der Waals surface area contributed by atoms with E-state index in [2.05, 4.69) is 10.4 Å². The van der Waals surface area contributed by atoms with E-state index in [4.69, 9.17) is 0 Å². The summed E-state index contributed by atoms with van der Waals surface area (Å²) in [7, 11) is 0. The van der Waals surface area contributed by atoms with Crippen molar-refractivity contribution in [1.82, 2.24) is 14.3 Å². The first kappa shape index (κ1) is 19.0. The van der Waals surface area contributed by atoms with Crippen molar-refractivity contribution in [1.29, 1.82) is 0 Å². The largest absolute Gasteiger partial charge is 0.478 e. The molecule has 1 aromatic carbocycles. The Kier molecular flexibility index (Phi) is 5.20. The summed E-state index contributed by atoms with van der Waals surface area (Å²) in [5, 5.41) is 16.7. The highest BCUT2D eigenvalue weighted by atomic mass is 16.4. The third kappa shape index (κ3) is 4.08. The molecule has 0 atom stereocenters. The van der Waals surface area contributed by atoms with Gasteiger partial charge < -0.3 is 15.0 Å². The van der Waals surface area contributed by atoms with E-state index in [-0.39, 0.29) is 17.9 Å². The van der Waals surface area contributed by atoms with E-state index in [1.54, 1.807) is 10.8 Å². The van der Waals surface area contributed by atoms with Crippen LogP contribution in [0.1, 0.15) is 53.7 Å². The van der Waals surface area contributed by atoms with Gasteiger partial charge >= 0.3 is 5.97 Å². The number of anilines is 1. The summed E-state index contributed by atoms with van der Waals surface area (Å²) in [5.74, 6) is -0.754. The molecule has 0 bridgehead atoms. The minimum Gasteiger partial charge on any atom is -0.478 e. The first-order valence-corrected chi connectivity index (χ1v) is 9.92. The van der Waals surface area contributed by atoms with E-state index in [0.717, 1.165) is 24.1 Å². The summed E-state index contributed by atoms with van der Waals surface area (Å²) in [5.41, 5.74) is 3.74. The zero-order chi connectivity index (χ0) is 20.4. The Hall–Kier alpha value is -3.35. The normalized spacial score (nSPS) is 13.4. The van der Waals surface area contributed by atoms with Gasteiger partial charge in [0.2, 0.25) is 5.91 Å². The Morgan fingerprint density at radius 2 is 1.97 bits per heavy atom. The number of nitrogens with zero attached hydrogens (tertiary/aromatic N) is 3. The monoisotopic (exact) mass is 392 g/mol. The van der Waals surface area contributed by atoms with E-state index >= 15 is 0 Å². The van der Waals surface area contributed by atoms with Gasteiger partial charge in [0.15, 0.2) is 0 Å². The average molecular weight is 392 g/mol. The van der Waals surface area contributed by atoms with E-state index in [1.165, 1.54) is 11.9 Å². The van der Waals surface area contributed by atoms with Gasteiger partial charge in [0.25, 0.3) is 0 Å². The van der Waals surface area contributed by atoms with Crippen molar-refractivity contribution in [3.63, 3.8) is 0 Å². The second-order valence-electron chi connectivity index (χ2n) is 7.35. The van der Waals surface area contributed by atoms with Gasteiger partial charge in [0.05, 0.1) is 23.3 Å². The van der Waals surface area contributed by atoms with Crippen LogP contribution in [0.15, 0.2) is 48.9 Å². The standard InChI is InChI=1S/C22H24N4O3/c1-2-25-13-18(22(28)29)19(14-25)24-20(27)11-10-16-12-23-26(21(16)15-8-9-15)17-6-4-3-5-7-17/h3-7,12-15H,2,8-11H2,1H3,(H,24,27)(H,28,29). The topological polar surface area (TPSA) is 89.2 Å². The van der Waals surface area contributed by atoms with Crippen LogP contribution in [0.4, 0.5) is 5.69 Å². The van der Waals surface area contributed by atoms with Crippen LogP contribution in [-0.4, -0.2) is 31.3 Å². The highest BCUT2D eigenvalue weighted by Gasteiger charge is 2.30. The maximum atomic E-state index is 12.5. The van der Waals surface area contributed by atoms with E-state index in [0.29, 0.717) is 24.6 Å². The molecule has 7 nitrogen and oxygen atoms in total. The highest BCUT2D eigenvalue weighted by molar-refractivity contribution is 6.00. The lowest BCUT2D eigenvalue weighted by Gasteiger charge is -2.09. The Morgan fingerprint density at radius 3 is 2.62 bits per heavy atom. The Labute approximate surface area is 169 Å². The molecule has 1 saturated carbocycles. The maximum Gasteiger partial charge on any atom is 0.339 e. The zero-order valence-corrected chi connectivity index (χ0v) is 16.3. The molecule has 29 heavy (non-hydrogen) atoms. The number of carbonyl (C=O) groups excluding carboxylic acids is 1. The molecule has 0 radical (unpaired) electrons. The number of aryl methyl sites for hydroxylation is 2. The molecule has 150 valence electrons. The molecule has 1 aliphatic rings. The van der Waals surface area contributed by atoms with E-state index in [9.17, 15) is 14.7 Å². The Bertz CT molecular complexity index is 1030. The van der Waals surface area contributed by atoms with Gasteiger partial charge in [-0.3, -0.25) is 4.79 Å². The molecule has 2 aromatic heterocycles. The van der Waals surface area contributed by atoms with Gasteiger partial charge in [-0.25, -0.2) is 9.48 Å². The number of carbonyl (C=O) groups is 2. The third-order valence-corrected chi connectivity index (χ3v) is 5.22. The summed E-state index contributed by atoms with van der Waals surface area (Å²) < 4.78 is 3.73. The molecule has 1 aliphatic carbocycles. The van der Waals surface area contributed by atoms with Gasteiger partial charge in [-0.05, 0) is 43.9 Å². The van der Waals surface area contributed by atoms with Crippen molar-refractivity contribution in [2.24, 2.45) is 0 Å². The summed E-state index contributed by atoms with van der Waals surface area (Å²) >= 11 is 0. The average Bonchev–Trinajstić information content (AvgIpc) is 3.33. The number of hydrogen-bond acceptors (Lipinski definition) is 3. The fraction of sp³-hybridized carbons (Fsp3) is 0.318. The lowest BCUT2D eigenvalue weighted by molar-refractivity contribution is -0.116. The number of carboxylic acids is 1. The fourth-order valence-corrected chi connectivity index (χ4v) is 3.57. The van der Waals surface area contributed by atoms with Crippen LogP contribution in [0.25, 0.3) is 5.69 Å². The first-order valence-electron chi connectivity index (χ1n) is 9.92. The smallest absolute Gasteiger partial charge is 0.339 e. The number of rotatable bonds is 8. The number of para-hydroxylation sites is 1. The Balaban J connectivity index is 1.47. The SMILES string of the molecule is CCn1cc(NC(=O)CCc2cnn(-c3ccccc3)c2C2CC2)c(C(=O)O)c1. The molecule has 0 spiro atoms. The van der Waals surface area contributed by atoms with Crippen molar-refractivity contribution in [2.45, 2.75) is 45.1 Å². The number of aromatic nitrogens is 3. The van der Waals surface area contributed by atoms with Crippen molar-refractivity contribution < 1.29 is 14.7 Å². The van der Waals surface area contributed by atoms with Crippen molar-refractivity contribution in [3.8, 4) is 5.69 Å². The van der Waals surface area contributed by atoms with Gasteiger partial charge in [0.1, 0.15) is 5.56 Å². The first-order chi connectivity index (χ1) is 14.1. The highest BCUT2D eigenvalue weighted by Crippen LogP contribution is 2.42. The quantitative estimate of drug-likeness (QED) is 0.609. The van der Waals surface area contributed by atoms with Gasteiger partial charge in [-0.1, -0.05) is 18.2 Å². The van der Waals surface area contributed by atoms with Crippen molar-refractivity contribution in [2.75, 3.05) is 5.32 Å².